The number of aliphatic hydroxyl groups is 2. The van der Waals surface area contributed by atoms with Gasteiger partial charge in [-0.05, 0) is 70.6 Å². The second kappa shape index (κ2) is 53.4. The molecular formula is C58H107NO3. The van der Waals surface area contributed by atoms with Crippen LogP contribution in [-0.2, 0) is 4.79 Å². The second-order valence-corrected chi connectivity index (χ2v) is 18.6. The summed E-state index contributed by atoms with van der Waals surface area (Å²) in [5.74, 6) is -0.0718. The van der Waals surface area contributed by atoms with E-state index in [1.54, 1.807) is 6.08 Å². The first kappa shape index (κ1) is 60.1. The first-order chi connectivity index (χ1) is 30.7. The maximum absolute atomic E-state index is 12.4. The molecule has 2 atom stereocenters. The van der Waals surface area contributed by atoms with Crippen LogP contribution in [0.3, 0.4) is 0 Å². The molecular weight excluding hydrogens is 759 g/mol. The van der Waals surface area contributed by atoms with Crippen molar-refractivity contribution >= 4 is 5.91 Å². The number of unbranched alkanes of at least 4 members (excludes halogenated alkanes) is 35. The fourth-order valence-corrected chi connectivity index (χ4v) is 8.26. The van der Waals surface area contributed by atoms with Gasteiger partial charge in [0.2, 0.25) is 5.91 Å². The molecule has 3 N–H and O–H groups in total. The number of carbonyl (C=O) groups is 1. The largest absolute Gasteiger partial charge is 0.394 e. The molecule has 0 aliphatic rings. The third kappa shape index (κ3) is 49.1. The van der Waals surface area contributed by atoms with Gasteiger partial charge in [-0.1, -0.05) is 267 Å². The van der Waals surface area contributed by atoms with Gasteiger partial charge < -0.3 is 15.5 Å². The Balaban J connectivity index is 3.50. The summed E-state index contributed by atoms with van der Waals surface area (Å²) in [7, 11) is 0. The number of aliphatic hydroxyl groups excluding tert-OH is 2. The van der Waals surface area contributed by atoms with Crippen LogP contribution < -0.4 is 5.32 Å². The van der Waals surface area contributed by atoms with Crippen LogP contribution in [-0.4, -0.2) is 34.9 Å². The van der Waals surface area contributed by atoms with Crippen molar-refractivity contribution in [3.05, 3.63) is 60.8 Å². The molecule has 62 heavy (non-hydrogen) atoms. The zero-order valence-electron chi connectivity index (χ0n) is 41.6. The summed E-state index contributed by atoms with van der Waals surface area (Å²) in [6.07, 6.45) is 75.2. The Kier molecular flexibility index (Phi) is 51.8. The molecule has 0 fully saturated rings. The molecule has 0 aliphatic carbocycles. The van der Waals surface area contributed by atoms with Crippen LogP contribution in [0, 0.1) is 0 Å². The van der Waals surface area contributed by atoms with Gasteiger partial charge in [0.15, 0.2) is 0 Å². The number of carbonyl (C=O) groups excluding carboxylic acids is 1. The summed E-state index contributed by atoms with van der Waals surface area (Å²) in [5.41, 5.74) is 0. The van der Waals surface area contributed by atoms with Crippen molar-refractivity contribution < 1.29 is 15.0 Å². The van der Waals surface area contributed by atoms with Gasteiger partial charge in [-0.2, -0.15) is 0 Å². The number of rotatable bonds is 50. The standard InChI is InChI=1S/C58H107NO3/c1-3-5-7-9-11-13-15-17-19-21-22-23-24-25-26-27-28-29-30-31-32-33-34-35-36-38-40-42-44-46-48-50-52-54-58(62)59-56(55-60)57(61)53-51-49-47-45-43-41-39-37-20-18-16-14-12-10-8-6-4-2/h15,17,21-22,24-25,43,45,51,53,56-57,60-61H,3-14,16,18-20,23,26-42,44,46-50,52,54-55H2,1-2H3,(H,59,62)/b17-15-,22-21-,25-24-,45-43+,53-51+. The molecule has 0 rings (SSSR count). The van der Waals surface area contributed by atoms with Crippen molar-refractivity contribution in [3.63, 3.8) is 0 Å². The lowest BCUT2D eigenvalue weighted by Crippen LogP contribution is -2.45. The smallest absolute Gasteiger partial charge is 0.220 e. The maximum atomic E-state index is 12.4. The fourth-order valence-electron chi connectivity index (χ4n) is 8.26. The Morgan fingerprint density at radius 1 is 0.387 bits per heavy atom. The van der Waals surface area contributed by atoms with Crippen LogP contribution in [0.2, 0.25) is 0 Å². The zero-order valence-corrected chi connectivity index (χ0v) is 41.6. The van der Waals surface area contributed by atoms with Crippen LogP contribution in [0.25, 0.3) is 0 Å². The molecule has 4 nitrogen and oxygen atoms in total. The highest BCUT2D eigenvalue weighted by molar-refractivity contribution is 5.76. The normalized spacial score (nSPS) is 13.3. The van der Waals surface area contributed by atoms with Crippen LogP contribution in [0.15, 0.2) is 60.8 Å². The van der Waals surface area contributed by atoms with Gasteiger partial charge in [0.25, 0.3) is 0 Å². The lowest BCUT2D eigenvalue weighted by molar-refractivity contribution is -0.123. The summed E-state index contributed by atoms with van der Waals surface area (Å²) in [4.78, 5) is 12.4. The summed E-state index contributed by atoms with van der Waals surface area (Å²) >= 11 is 0. The minimum Gasteiger partial charge on any atom is -0.394 e. The van der Waals surface area contributed by atoms with Crippen molar-refractivity contribution in [3.8, 4) is 0 Å². The molecule has 0 spiro atoms. The maximum Gasteiger partial charge on any atom is 0.220 e. The Morgan fingerprint density at radius 2 is 0.677 bits per heavy atom. The summed E-state index contributed by atoms with van der Waals surface area (Å²) in [6.45, 7) is 4.30. The first-order valence-corrected chi connectivity index (χ1v) is 27.5. The van der Waals surface area contributed by atoms with E-state index in [-0.39, 0.29) is 12.5 Å². The molecule has 0 aliphatic heterocycles. The lowest BCUT2D eigenvalue weighted by atomic mass is 10.0. The van der Waals surface area contributed by atoms with Crippen LogP contribution in [0.5, 0.6) is 0 Å². The van der Waals surface area contributed by atoms with Crippen molar-refractivity contribution in [2.45, 2.75) is 296 Å². The van der Waals surface area contributed by atoms with Gasteiger partial charge >= 0.3 is 0 Å². The van der Waals surface area contributed by atoms with Crippen LogP contribution in [0.4, 0.5) is 0 Å². The number of hydrogen-bond donors (Lipinski definition) is 3. The van der Waals surface area contributed by atoms with E-state index < -0.39 is 12.1 Å². The van der Waals surface area contributed by atoms with Gasteiger partial charge in [0.1, 0.15) is 0 Å². The molecule has 0 bridgehead atoms. The van der Waals surface area contributed by atoms with E-state index in [1.807, 2.05) is 6.08 Å². The highest BCUT2D eigenvalue weighted by Gasteiger charge is 2.18. The molecule has 0 heterocycles. The predicted octanol–water partition coefficient (Wildman–Crippen LogP) is 18.0. The lowest BCUT2D eigenvalue weighted by Gasteiger charge is -2.19. The van der Waals surface area contributed by atoms with Gasteiger partial charge in [0, 0.05) is 6.42 Å². The van der Waals surface area contributed by atoms with Crippen LogP contribution >= 0.6 is 0 Å². The van der Waals surface area contributed by atoms with Gasteiger partial charge in [0.05, 0.1) is 18.8 Å². The molecule has 4 heteroatoms. The number of allylic oxidation sites excluding steroid dienone is 9. The number of hydrogen-bond acceptors (Lipinski definition) is 3. The summed E-state index contributed by atoms with van der Waals surface area (Å²) < 4.78 is 0. The monoisotopic (exact) mass is 866 g/mol. The third-order valence-corrected chi connectivity index (χ3v) is 12.5. The molecule has 0 radical (unpaired) electrons. The predicted molar refractivity (Wildman–Crippen MR) is 276 cm³/mol. The molecule has 1 amide bonds. The van der Waals surface area contributed by atoms with Crippen molar-refractivity contribution in [2.75, 3.05) is 6.61 Å². The highest BCUT2D eigenvalue weighted by Crippen LogP contribution is 2.16. The molecule has 0 saturated heterocycles. The van der Waals surface area contributed by atoms with Gasteiger partial charge in [-0.3, -0.25) is 4.79 Å². The van der Waals surface area contributed by atoms with Crippen molar-refractivity contribution in [1.29, 1.82) is 0 Å². The highest BCUT2D eigenvalue weighted by atomic mass is 16.3. The Hall–Kier alpha value is -1.91. The zero-order chi connectivity index (χ0) is 44.9. The Bertz CT molecular complexity index is 1030. The van der Waals surface area contributed by atoms with E-state index in [4.69, 9.17) is 0 Å². The quantitative estimate of drug-likeness (QED) is 0.0421. The Morgan fingerprint density at radius 3 is 1.05 bits per heavy atom. The average molecular weight is 866 g/mol. The SMILES string of the molecule is CCCCCCC/C=C\C/C=C\C/C=C\CCCCCCCCCCCCCCCCCCCCC(=O)NC(CO)C(O)/C=C/CC/C=C/CCCCCCCCCCCCC. The summed E-state index contributed by atoms with van der Waals surface area (Å²) in [6, 6.07) is -0.640. The van der Waals surface area contributed by atoms with E-state index in [0.717, 1.165) is 44.9 Å². The van der Waals surface area contributed by atoms with E-state index in [2.05, 4.69) is 67.8 Å². The molecule has 0 aromatic carbocycles. The third-order valence-electron chi connectivity index (χ3n) is 12.5. The fraction of sp³-hybridized carbons (Fsp3) is 0.810. The van der Waals surface area contributed by atoms with Crippen LogP contribution in [0.1, 0.15) is 284 Å². The molecule has 0 aromatic rings. The Labute approximate surface area is 387 Å². The van der Waals surface area contributed by atoms with Gasteiger partial charge in [-0.15, -0.1) is 0 Å². The van der Waals surface area contributed by atoms with Gasteiger partial charge in [-0.25, -0.2) is 0 Å². The van der Waals surface area contributed by atoms with E-state index >= 15 is 0 Å². The van der Waals surface area contributed by atoms with Crippen molar-refractivity contribution in [2.24, 2.45) is 0 Å². The first-order valence-electron chi connectivity index (χ1n) is 27.5. The summed E-state index contributed by atoms with van der Waals surface area (Å²) in [5, 5.41) is 23.1. The number of amides is 1. The van der Waals surface area contributed by atoms with E-state index in [1.165, 1.54) is 218 Å². The van der Waals surface area contributed by atoms with E-state index in [0.29, 0.717) is 6.42 Å². The second-order valence-electron chi connectivity index (χ2n) is 18.6. The molecule has 0 aromatic heterocycles. The average Bonchev–Trinajstić information content (AvgIpc) is 3.28. The van der Waals surface area contributed by atoms with Crippen molar-refractivity contribution in [1.82, 2.24) is 5.32 Å². The minimum absolute atomic E-state index is 0.0718. The number of nitrogens with one attached hydrogen (secondary N) is 1. The minimum atomic E-state index is -0.863. The molecule has 362 valence electrons. The molecule has 0 saturated carbocycles. The van der Waals surface area contributed by atoms with E-state index in [9.17, 15) is 15.0 Å². The molecule has 2 unspecified atom stereocenters. The topological polar surface area (TPSA) is 69.6 Å².